The van der Waals surface area contributed by atoms with E-state index in [1.54, 1.807) is 6.26 Å². The molecule has 42 heavy (non-hydrogen) atoms. The van der Waals surface area contributed by atoms with Crippen LogP contribution in [0.5, 0.6) is 0 Å². The summed E-state index contributed by atoms with van der Waals surface area (Å²) >= 11 is 3.53. The second-order valence-corrected chi connectivity index (χ2v) is 10.1. The lowest BCUT2D eigenvalue weighted by atomic mass is 10.0. The normalized spacial score (nSPS) is 10.4. The third-order valence-corrected chi connectivity index (χ3v) is 7.13. The van der Waals surface area contributed by atoms with Crippen LogP contribution in [0, 0.1) is 13.8 Å². The maximum atomic E-state index is 3.53. The van der Waals surface area contributed by atoms with Crippen LogP contribution in [0.1, 0.15) is 11.1 Å². The van der Waals surface area contributed by atoms with Gasteiger partial charge in [0.1, 0.15) is 0 Å². The summed E-state index contributed by atoms with van der Waals surface area (Å²) in [6.07, 6.45) is 1.69. The summed E-state index contributed by atoms with van der Waals surface area (Å²) in [6, 6.07) is 56.1. The van der Waals surface area contributed by atoms with Crippen LogP contribution in [0.4, 0.5) is 34.1 Å². The predicted octanol–water partition coefficient (Wildman–Crippen LogP) is 11.5. The topological polar surface area (TPSA) is 6.48 Å². The molecule has 0 atom stereocenters. The lowest BCUT2D eigenvalue weighted by Crippen LogP contribution is -2.10. The highest BCUT2D eigenvalue weighted by molar-refractivity contribution is 7.79. The number of aryl methyl sites for hydroxylation is 2. The van der Waals surface area contributed by atoms with E-state index in [4.69, 9.17) is 0 Å². The van der Waals surface area contributed by atoms with Gasteiger partial charge in [-0.2, -0.15) is 12.6 Å². The molecular formula is C39H36N2S. The maximum Gasteiger partial charge on any atom is 0.0464 e. The van der Waals surface area contributed by atoms with Gasteiger partial charge in [-0.1, -0.05) is 84.9 Å². The summed E-state index contributed by atoms with van der Waals surface area (Å²) < 4.78 is 0. The van der Waals surface area contributed by atoms with Crippen LogP contribution >= 0.6 is 12.6 Å². The first-order valence-corrected chi connectivity index (χ1v) is 15.0. The highest BCUT2D eigenvalue weighted by atomic mass is 32.1. The van der Waals surface area contributed by atoms with Crippen LogP contribution in [-0.2, 0) is 0 Å². The number of rotatable bonds is 7. The first-order chi connectivity index (χ1) is 20.7. The minimum Gasteiger partial charge on any atom is -0.310 e. The van der Waals surface area contributed by atoms with Gasteiger partial charge in [-0.15, -0.1) is 0 Å². The number of benzene rings is 6. The maximum absolute atomic E-state index is 3.53. The van der Waals surface area contributed by atoms with Gasteiger partial charge < -0.3 is 9.80 Å². The molecule has 0 aliphatic rings. The van der Waals surface area contributed by atoms with Crippen molar-refractivity contribution < 1.29 is 0 Å². The Labute approximate surface area is 255 Å². The molecule has 0 N–H and O–H groups in total. The van der Waals surface area contributed by atoms with E-state index in [9.17, 15) is 0 Å². The van der Waals surface area contributed by atoms with E-state index in [1.165, 1.54) is 22.3 Å². The number of hydrogen-bond acceptors (Lipinski definition) is 3. The summed E-state index contributed by atoms with van der Waals surface area (Å²) in [4.78, 5) is 4.61. The molecule has 0 unspecified atom stereocenters. The van der Waals surface area contributed by atoms with Crippen molar-refractivity contribution in [1.82, 2.24) is 0 Å². The van der Waals surface area contributed by atoms with Gasteiger partial charge in [0.2, 0.25) is 0 Å². The van der Waals surface area contributed by atoms with Crippen molar-refractivity contribution in [1.29, 1.82) is 0 Å². The van der Waals surface area contributed by atoms with Crippen molar-refractivity contribution in [2.24, 2.45) is 0 Å². The fourth-order valence-electron chi connectivity index (χ4n) is 5.19. The van der Waals surface area contributed by atoms with Crippen molar-refractivity contribution in [2.45, 2.75) is 13.8 Å². The van der Waals surface area contributed by atoms with E-state index in [0.717, 1.165) is 34.1 Å². The molecule has 0 radical (unpaired) electrons. The summed E-state index contributed by atoms with van der Waals surface area (Å²) in [5.74, 6) is 0. The van der Waals surface area contributed by atoms with E-state index in [1.807, 2.05) is 0 Å². The fraction of sp³-hybridized carbons (Fsp3) is 0.0769. The van der Waals surface area contributed by atoms with Crippen LogP contribution in [0.25, 0.3) is 11.1 Å². The first-order valence-electron chi connectivity index (χ1n) is 14.1. The van der Waals surface area contributed by atoms with Crippen molar-refractivity contribution in [3.8, 4) is 11.1 Å². The van der Waals surface area contributed by atoms with Crippen LogP contribution in [0.2, 0.25) is 0 Å². The van der Waals surface area contributed by atoms with Crippen molar-refractivity contribution >= 4 is 46.8 Å². The van der Waals surface area contributed by atoms with Crippen LogP contribution in [-0.4, -0.2) is 6.26 Å². The Hall–Kier alpha value is -4.73. The van der Waals surface area contributed by atoms with Crippen LogP contribution in [0.15, 0.2) is 158 Å². The zero-order valence-electron chi connectivity index (χ0n) is 24.4. The summed E-state index contributed by atoms with van der Waals surface area (Å²) in [5, 5.41) is 0. The molecule has 0 spiro atoms. The largest absolute Gasteiger partial charge is 0.310 e. The molecule has 0 heterocycles. The quantitative estimate of drug-likeness (QED) is 0.193. The first kappa shape index (κ1) is 28.8. The number of anilines is 6. The van der Waals surface area contributed by atoms with Crippen LogP contribution < -0.4 is 9.80 Å². The third kappa shape index (κ3) is 6.59. The molecule has 0 saturated carbocycles. The Bertz CT molecular complexity index is 1570. The van der Waals surface area contributed by atoms with Gasteiger partial charge in [0, 0.05) is 34.1 Å². The Morgan fingerprint density at radius 2 is 0.643 bits per heavy atom. The second kappa shape index (κ2) is 13.8. The standard InChI is InChI=1S/C38H32N2.CH4S/c1-29-11-9-17-37(27-29)39(33-13-5-3-6-14-33)35-23-19-31(20-24-35)32-21-25-36(26-22-32)40(34-15-7-4-8-16-34)38-18-10-12-30(2)28-38;1-2/h3-28H,1-2H3;2H,1H3. The average molecular weight is 565 g/mol. The highest BCUT2D eigenvalue weighted by Crippen LogP contribution is 2.38. The summed E-state index contributed by atoms with van der Waals surface area (Å²) in [5.41, 5.74) is 11.7. The van der Waals surface area contributed by atoms with Gasteiger partial charge >= 0.3 is 0 Å². The Kier molecular flexibility index (Phi) is 9.43. The molecule has 0 fully saturated rings. The third-order valence-electron chi connectivity index (χ3n) is 7.13. The molecule has 6 aromatic carbocycles. The van der Waals surface area contributed by atoms with E-state index >= 15 is 0 Å². The molecule has 3 heteroatoms. The molecule has 2 nitrogen and oxygen atoms in total. The van der Waals surface area contributed by atoms with Crippen LogP contribution in [0.3, 0.4) is 0 Å². The Morgan fingerprint density at radius 1 is 0.333 bits per heavy atom. The molecule has 0 aliphatic carbocycles. The molecule has 0 amide bonds. The molecule has 6 aromatic rings. The molecule has 0 saturated heterocycles. The number of thiol groups is 1. The monoisotopic (exact) mass is 564 g/mol. The molecule has 208 valence electrons. The molecule has 6 rings (SSSR count). The molecular weight excluding hydrogens is 529 g/mol. The highest BCUT2D eigenvalue weighted by Gasteiger charge is 2.14. The molecule has 0 bridgehead atoms. The van der Waals surface area contributed by atoms with Gasteiger partial charge in [0.05, 0.1) is 0 Å². The number of nitrogens with zero attached hydrogens (tertiary/aromatic N) is 2. The van der Waals surface area contributed by atoms with Gasteiger partial charge in [0.15, 0.2) is 0 Å². The number of hydrogen-bond donors (Lipinski definition) is 1. The SMILES string of the molecule is CS.Cc1cccc(N(c2ccccc2)c2ccc(-c3ccc(N(c4ccccc4)c4cccc(C)c4)cc3)cc2)c1. The zero-order chi connectivity index (χ0) is 29.3. The lowest BCUT2D eigenvalue weighted by Gasteiger charge is -2.26. The average Bonchev–Trinajstić information content (AvgIpc) is 3.04. The minimum absolute atomic E-state index is 1.13. The Balaban J connectivity index is 0.00000173. The Morgan fingerprint density at radius 3 is 0.976 bits per heavy atom. The smallest absolute Gasteiger partial charge is 0.0464 e. The second-order valence-electron chi connectivity index (χ2n) is 10.1. The van der Waals surface area contributed by atoms with Crippen molar-refractivity contribution in [3.63, 3.8) is 0 Å². The zero-order valence-corrected chi connectivity index (χ0v) is 25.2. The van der Waals surface area contributed by atoms with Gasteiger partial charge in [0.25, 0.3) is 0 Å². The van der Waals surface area contributed by atoms with E-state index in [0.29, 0.717) is 0 Å². The van der Waals surface area contributed by atoms with E-state index < -0.39 is 0 Å². The number of para-hydroxylation sites is 2. The minimum atomic E-state index is 1.13. The molecule has 0 aromatic heterocycles. The van der Waals surface area contributed by atoms with Gasteiger partial charge in [-0.05, 0) is 115 Å². The van der Waals surface area contributed by atoms with E-state index in [-0.39, 0.29) is 0 Å². The van der Waals surface area contributed by atoms with Crippen molar-refractivity contribution in [3.05, 3.63) is 169 Å². The van der Waals surface area contributed by atoms with Gasteiger partial charge in [-0.25, -0.2) is 0 Å². The van der Waals surface area contributed by atoms with Crippen molar-refractivity contribution in [2.75, 3.05) is 16.1 Å². The summed E-state index contributed by atoms with van der Waals surface area (Å²) in [6.45, 7) is 4.27. The van der Waals surface area contributed by atoms with E-state index in [2.05, 4.69) is 194 Å². The predicted molar refractivity (Wildman–Crippen MR) is 186 cm³/mol. The van der Waals surface area contributed by atoms with Gasteiger partial charge in [-0.3, -0.25) is 0 Å². The summed E-state index contributed by atoms with van der Waals surface area (Å²) in [7, 11) is 0. The fourth-order valence-corrected chi connectivity index (χ4v) is 5.19. The molecule has 0 aliphatic heterocycles. The lowest BCUT2D eigenvalue weighted by molar-refractivity contribution is 1.27.